The van der Waals surface area contributed by atoms with E-state index >= 15 is 0 Å². The van der Waals surface area contributed by atoms with Gasteiger partial charge in [0.15, 0.2) is 0 Å². The molecule has 0 atom stereocenters. The first-order chi connectivity index (χ1) is 10.8. The molecule has 1 aliphatic carbocycles. The summed E-state index contributed by atoms with van der Waals surface area (Å²) < 4.78 is 10.8. The minimum absolute atomic E-state index is 0.140. The van der Waals surface area contributed by atoms with Crippen LogP contribution in [0.25, 0.3) is 0 Å². The molecule has 1 aromatic carbocycles. The molecule has 1 saturated carbocycles. The molecule has 0 unspecified atom stereocenters. The summed E-state index contributed by atoms with van der Waals surface area (Å²) in [4.78, 5) is 12.0. The quantitative estimate of drug-likeness (QED) is 0.757. The minimum Gasteiger partial charge on any atom is -0.491 e. The van der Waals surface area contributed by atoms with Gasteiger partial charge in [-0.05, 0) is 31.9 Å². The molecule has 2 N–H and O–H groups in total. The summed E-state index contributed by atoms with van der Waals surface area (Å²) in [6, 6.07) is 7.59. The topological polar surface area (TPSA) is 59.6 Å². The van der Waals surface area contributed by atoms with E-state index in [2.05, 4.69) is 10.6 Å². The van der Waals surface area contributed by atoms with E-state index in [9.17, 15) is 4.79 Å². The van der Waals surface area contributed by atoms with E-state index in [-0.39, 0.29) is 6.03 Å². The molecule has 22 heavy (non-hydrogen) atoms. The Kier molecular flexibility index (Phi) is 7.03. The molecule has 2 rings (SSSR count). The zero-order valence-corrected chi connectivity index (χ0v) is 13.3. The fraction of sp³-hybridized carbons (Fsp3) is 0.588. The fourth-order valence-electron chi connectivity index (χ4n) is 2.63. The van der Waals surface area contributed by atoms with E-state index in [1.54, 1.807) is 0 Å². The molecule has 0 heterocycles. The third kappa shape index (κ3) is 5.93. The first-order valence-electron chi connectivity index (χ1n) is 8.16. The van der Waals surface area contributed by atoms with Crippen LogP contribution in [0.15, 0.2) is 24.3 Å². The number of ether oxygens (including phenoxy) is 2. The average Bonchev–Trinajstić information content (AvgIpc) is 2.53. The maximum absolute atomic E-state index is 12.0. The highest BCUT2D eigenvalue weighted by Crippen LogP contribution is 2.19. The van der Waals surface area contributed by atoms with Gasteiger partial charge in [-0.25, -0.2) is 4.79 Å². The van der Waals surface area contributed by atoms with Gasteiger partial charge in [0.1, 0.15) is 12.4 Å². The van der Waals surface area contributed by atoms with Crippen molar-refractivity contribution in [3.63, 3.8) is 0 Å². The number of amides is 2. The second-order valence-corrected chi connectivity index (χ2v) is 5.51. The van der Waals surface area contributed by atoms with Crippen molar-refractivity contribution in [3.05, 3.63) is 24.3 Å². The third-order valence-corrected chi connectivity index (χ3v) is 3.73. The van der Waals surface area contributed by atoms with Gasteiger partial charge in [-0.1, -0.05) is 25.3 Å². The lowest BCUT2D eigenvalue weighted by Crippen LogP contribution is -2.39. The van der Waals surface area contributed by atoms with Crippen molar-refractivity contribution in [1.29, 1.82) is 0 Å². The highest BCUT2D eigenvalue weighted by molar-refractivity contribution is 5.89. The minimum atomic E-state index is -0.140. The number of benzene rings is 1. The number of carbonyl (C=O) groups excluding carboxylic acids is 1. The summed E-state index contributed by atoms with van der Waals surface area (Å²) >= 11 is 0. The number of rotatable bonds is 7. The second-order valence-electron chi connectivity index (χ2n) is 5.51. The number of urea groups is 1. The first kappa shape index (κ1) is 16.6. The summed E-state index contributed by atoms with van der Waals surface area (Å²) in [6.45, 7) is 3.71. The van der Waals surface area contributed by atoms with Crippen LogP contribution in [0.3, 0.4) is 0 Å². The van der Waals surface area contributed by atoms with E-state index in [4.69, 9.17) is 9.47 Å². The Bertz CT molecular complexity index is 459. The number of hydrogen-bond donors (Lipinski definition) is 2. The molecule has 0 radical (unpaired) electrons. The van der Waals surface area contributed by atoms with Crippen molar-refractivity contribution in [3.8, 4) is 5.75 Å². The van der Waals surface area contributed by atoms with Gasteiger partial charge in [0.2, 0.25) is 0 Å². The van der Waals surface area contributed by atoms with Gasteiger partial charge in [0, 0.05) is 24.4 Å². The average molecular weight is 306 g/mol. The van der Waals surface area contributed by atoms with Gasteiger partial charge in [0.05, 0.1) is 6.61 Å². The van der Waals surface area contributed by atoms with Gasteiger partial charge in [-0.3, -0.25) is 0 Å². The Balaban J connectivity index is 1.77. The van der Waals surface area contributed by atoms with E-state index in [0.29, 0.717) is 25.9 Å². The van der Waals surface area contributed by atoms with Gasteiger partial charge >= 0.3 is 6.03 Å². The normalized spacial score (nSPS) is 15.3. The predicted octanol–water partition coefficient (Wildman–Crippen LogP) is 3.56. The summed E-state index contributed by atoms with van der Waals surface area (Å²) in [6.07, 6.45) is 5.84. The molecule has 122 valence electrons. The highest BCUT2D eigenvalue weighted by atomic mass is 16.5. The maximum atomic E-state index is 12.0. The molecular weight excluding hydrogens is 280 g/mol. The largest absolute Gasteiger partial charge is 0.491 e. The highest BCUT2D eigenvalue weighted by Gasteiger charge is 2.15. The Morgan fingerprint density at radius 1 is 1.23 bits per heavy atom. The number of carbonyl (C=O) groups is 1. The predicted molar refractivity (Wildman–Crippen MR) is 87.5 cm³/mol. The van der Waals surface area contributed by atoms with E-state index in [1.165, 1.54) is 19.3 Å². The van der Waals surface area contributed by atoms with Crippen molar-refractivity contribution in [2.24, 2.45) is 0 Å². The first-order valence-corrected chi connectivity index (χ1v) is 8.16. The fourth-order valence-corrected chi connectivity index (χ4v) is 2.63. The molecule has 0 saturated heterocycles. The second kappa shape index (κ2) is 9.30. The van der Waals surface area contributed by atoms with Crippen LogP contribution in [0.1, 0.15) is 39.0 Å². The standard InChI is InChI=1S/C17H26N2O3/c1-2-21-11-12-22-16-10-6-9-15(13-16)19-17(20)18-14-7-4-3-5-8-14/h6,9-10,13-14H,2-5,7-8,11-12H2,1H3,(H2,18,19,20). The smallest absolute Gasteiger partial charge is 0.319 e. The molecule has 0 bridgehead atoms. The molecule has 0 aliphatic heterocycles. The van der Waals surface area contributed by atoms with E-state index in [0.717, 1.165) is 24.3 Å². The maximum Gasteiger partial charge on any atom is 0.319 e. The molecule has 1 aliphatic rings. The van der Waals surface area contributed by atoms with E-state index in [1.807, 2.05) is 31.2 Å². The van der Waals surface area contributed by atoms with Gasteiger partial charge in [-0.15, -0.1) is 0 Å². The summed E-state index contributed by atoms with van der Waals surface area (Å²) in [7, 11) is 0. The Morgan fingerprint density at radius 3 is 2.82 bits per heavy atom. The Morgan fingerprint density at radius 2 is 2.05 bits per heavy atom. The lowest BCUT2D eigenvalue weighted by atomic mass is 9.96. The van der Waals surface area contributed by atoms with Crippen molar-refractivity contribution >= 4 is 11.7 Å². The molecule has 0 spiro atoms. The summed E-state index contributed by atoms with van der Waals surface area (Å²) in [5.41, 5.74) is 0.738. The SMILES string of the molecule is CCOCCOc1cccc(NC(=O)NC2CCCCC2)c1. The Labute approximate surface area is 132 Å². The number of anilines is 1. The molecule has 2 amide bonds. The van der Waals surface area contributed by atoms with Crippen LogP contribution in [-0.4, -0.2) is 31.9 Å². The lowest BCUT2D eigenvalue weighted by Gasteiger charge is -2.22. The van der Waals surface area contributed by atoms with Crippen LogP contribution < -0.4 is 15.4 Å². The zero-order chi connectivity index (χ0) is 15.6. The zero-order valence-electron chi connectivity index (χ0n) is 13.3. The molecule has 0 aromatic heterocycles. The molecule has 5 nitrogen and oxygen atoms in total. The van der Waals surface area contributed by atoms with Crippen LogP contribution in [0.2, 0.25) is 0 Å². The van der Waals surface area contributed by atoms with Crippen LogP contribution >= 0.6 is 0 Å². The van der Waals surface area contributed by atoms with Gasteiger partial charge in [-0.2, -0.15) is 0 Å². The van der Waals surface area contributed by atoms with Gasteiger partial charge < -0.3 is 20.1 Å². The molecule has 1 aromatic rings. The van der Waals surface area contributed by atoms with Crippen molar-refractivity contribution in [2.75, 3.05) is 25.1 Å². The third-order valence-electron chi connectivity index (χ3n) is 3.73. The number of hydrogen-bond acceptors (Lipinski definition) is 3. The van der Waals surface area contributed by atoms with Crippen LogP contribution in [0.4, 0.5) is 10.5 Å². The molecular formula is C17H26N2O3. The van der Waals surface area contributed by atoms with E-state index < -0.39 is 0 Å². The van der Waals surface area contributed by atoms with Gasteiger partial charge in [0.25, 0.3) is 0 Å². The molecule has 5 heteroatoms. The van der Waals surface area contributed by atoms with Crippen LogP contribution in [0, 0.1) is 0 Å². The monoisotopic (exact) mass is 306 g/mol. The summed E-state index contributed by atoms with van der Waals surface area (Å²) in [5.74, 6) is 0.732. The lowest BCUT2D eigenvalue weighted by molar-refractivity contribution is 0.110. The Hall–Kier alpha value is -1.75. The number of nitrogens with one attached hydrogen (secondary N) is 2. The van der Waals surface area contributed by atoms with Crippen LogP contribution in [-0.2, 0) is 4.74 Å². The van der Waals surface area contributed by atoms with Crippen molar-refractivity contribution in [1.82, 2.24) is 5.32 Å². The summed E-state index contributed by atoms with van der Waals surface area (Å²) in [5, 5.41) is 5.91. The van der Waals surface area contributed by atoms with Crippen LogP contribution in [0.5, 0.6) is 5.75 Å². The van der Waals surface area contributed by atoms with Crippen molar-refractivity contribution in [2.45, 2.75) is 45.1 Å². The molecule has 1 fully saturated rings. The van der Waals surface area contributed by atoms with Crippen molar-refractivity contribution < 1.29 is 14.3 Å².